The van der Waals surface area contributed by atoms with E-state index in [2.05, 4.69) is 16.0 Å². The number of carbonyl (C=O) groups is 6. The Balaban J connectivity index is 2.06. The lowest BCUT2D eigenvalue weighted by atomic mass is 10.0. The molecule has 1 fully saturated rings. The zero-order valence-electron chi connectivity index (χ0n) is 19.6. The first-order chi connectivity index (χ1) is 17.1. The Labute approximate surface area is 207 Å². The minimum absolute atomic E-state index is 0.107. The van der Waals surface area contributed by atoms with Crippen LogP contribution in [-0.4, -0.2) is 88.4 Å². The van der Waals surface area contributed by atoms with E-state index in [1.807, 2.05) is 0 Å². The van der Waals surface area contributed by atoms with Crippen molar-refractivity contribution in [3.8, 4) is 0 Å². The number of carboxylic acid groups (broad SMARTS) is 2. The number of amides is 4. The highest BCUT2D eigenvalue weighted by atomic mass is 16.4. The lowest BCUT2D eigenvalue weighted by Crippen LogP contribution is -2.55. The Bertz CT molecular complexity index is 971. The van der Waals surface area contributed by atoms with Crippen molar-refractivity contribution in [1.29, 1.82) is 0 Å². The summed E-state index contributed by atoms with van der Waals surface area (Å²) in [5, 5.41) is 25.5. The number of hydrogen-bond acceptors (Lipinski definition) is 7. The van der Waals surface area contributed by atoms with Crippen LogP contribution < -0.4 is 21.7 Å². The molecule has 1 heterocycles. The van der Waals surface area contributed by atoms with E-state index >= 15 is 0 Å². The van der Waals surface area contributed by atoms with Crippen molar-refractivity contribution < 1.29 is 39.0 Å². The minimum Gasteiger partial charge on any atom is -0.481 e. The molecule has 0 bridgehead atoms. The van der Waals surface area contributed by atoms with Crippen LogP contribution in [0.15, 0.2) is 30.3 Å². The molecule has 0 aliphatic carbocycles. The third-order valence-corrected chi connectivity index (χ3v) is 5.64. The molecule has 13 heteroatoms. The van der Waals surface area contributed by atoms with E-state index in [1.54, 1.807) is 30.3 Å². The molecule has 4 amide bonds. The first-order valence-electron chi connectivity index (χ1n) is 11.5. The fourth-order valence-corrected chi connectivity index (χ4v) is 3.86. The fourth-order valence-electron chi connectivity index (χ4n) is 3.86. The van der Waals surface area contributed by atoms with Crippen LogP contribution in [0.25, 0.3) is 0 Å². The van der Waals surface area contributed by atoms with E-state index in [4.69, 9.17) is 10.8 Å². The zero-order valence-corrected chi connectivity index (χ0v) is 19.6. The first-order valence-corrected chi connectivity index (χ1v) is 11.5. The van der Waals surface area contributed by atoms with Crippen molar-refractivity contribution in [3.63, 3.8) is 0 Å². The maximum absolute atomic E-state index is 13.2. The lowest BCUT2D eigenvalue weighted by Gasteiger charge is -2.27. The topological polar surface area (TPSA) is 208 Å². The molecule has 0 aromatic heterocycles. The van der Waals surface area contributed by atoms with Gasteiger partial charge < -0.3 is 36.8 Å². The number of carboxylic acids is 2. The summed E-state index contributed by atoms with van der Waals surface area (Å²) < 4.78 is 0. The molecular formula is C23H31N5O8. The molecule has 1 aliphatic heterocycles. The largest absolute Gasteiger partial charge is 0.481 e. The smallest absolute Gasteiger partial charge is 0.326 e. The van der Waals surface area contributed by atoms with Crippen molar-refractivity contribution >= 4 is 35.6 Å². The van der Waals surface area contributed by atoms with Crippen LogP contribution in [0.5, 0.6) is 0 Å². The predicted molar refractivity (Wildman–Crippen MR) is 125 cm³/mol. The van der Waals surface area contributed by atoms with Gasteiger partial charge in [0.2, 0.25) is 23.6 Å². The van der Waals surface area contributed by atoms with E-state index in [0.29, 0.717) is 12.8 Å². The van der Waals surface area contributed by atoms with Gasteiger partial charge in [-0.25, -0.2) is 4.79 Å². The van der Waals surface area contributed by atoms with Crippen molar-refractivity contribution in [3.05, 3.63) is 35.9 Å². The summed E-state index contributed by atoms with van der Waals surface area (Å²) in [6.45, 7) is -0.712. The Morgan fingerprint density at radius 2 is 1.67 bits per heavy atom. The van der Waals surface area contributed by atoms with E-state index in [1.165, 1.54) is 4.90 Å². The van der Waals surface area contributed by atoms with Gasteiger partial charge in [0.1, 0.15) is 18.1 Å². The van der Waals surface area contributed by atoms with Gasteiger partial charge in [-0.15, -0.1) is 0 Å². The molecule has 1 saturated heterocycles. The van der Waals surface area contributed by atoms with Gasteiger partial charge in [0.15, 0.2) is 0 Å². The molecular weight excluding hydrogens is 474 g/mol. The van der Waals surface area contributed by atoms with Gasteiger partial charge in [-0.05, 0) is 24.8 Å². The summed E-state index contributed by atoms with van der Waals surface area (Å²) in [5.41, 5.74) is 5.97. The number of nitrogens with two attached hydrogens (primary N) is 1. The van der Waals surface area contributed by atoms with Crippen LogP contribution >= 0.6 is 0 Å². The molecule has 3 atom stereocenters. The van der Waals surface area contributed by atoms with Gasteiger partial charge in [0.05, 0.1) is 13.1 Å². The van der Waals surface area contributed by atoms with Crippen LogP contribution in [-0.2, 0) is 35.2 Å². The van der Waals surface area contributed by atoms with Gasteiger partial charge >= 0.3 is 11.9 Å². The van der Waals surface area contributed by atoms with E-state index < -0.39 is 73.2 Å². The number of nitrogens with one attached hydrogen (secondary N) is 3. The summed E-state index contributed by atoms with van der Waals surface area (Å²) in [5.74, 6) is -5.01. The Hall–Kier alpha value is -4.00. The van der Waals surface area contributed by atoms with Gasteiger partial charge in [0, 0.05) is 19.4 Å². The average molecular weight is 506 g/mol. The maximum Gasteiger partial charge on any atom is 0.326 e. The molecule has 36 heavy (non-hydrogen) atoms. The van der Waals surface area contributed by atoms with Crippen LogP contribution in [0.2, 0.25) is 0 Å². The third kappa shape index (κ3) is 8.65. The number of aliphatic carboxylic acids is 2. The third-order valence-electron chi connectivity index (χ3n) is 5.64. The van der Waals surface area contributed by atoms with Gasteiger partial charge in [-0.2, -0.15) is 0 Å². The molecule has 0 spiro atoms. The maximum atomic E-state index is 13.2. The minimum atomic E-state index is -1.22. The second-order valence-electron chi connectivity index (χ2n) is 8.31. The summed E-state index contributed by atoms with van der Waals surface area (Å²) in [7, 11) is 0. The summed E-state index contributed by atoms with van der Waals surface area (Å²) >= 11 is 0. The Morgan fingerprint density at radius 3 is 2.28 bits per heavy atom. The van der Waals surface area contributed by atoms with Crippen molar-refractivity contribution in [1.82, 2.24) is 20.9 Å². The van der Waals surface area contributed by atoms with E-state index in [0.717, 1.165) is 5.56 Å². The van der Waals surface area contributed by atoms with Crippen molar-refractivity contribution in [2.24, 2.45) is 5.73 Å². The number of nitrogens with zero attached hydrogens (tertiary/aromatic N) is 1. The highest BCUT2D eigenvalue weighted by molar-refractivity contribution is 5.94. The predicted octanol–water partition coefficient (Wildman–Crippen LogP) is -1.79. The van der Waals surface area contributed by atoms with Crippen molar-refractivity contribution in [2.45, 2.75) is 50.2 Å². The highest BCUT2D eigenvalue weighted by Crippen LogP contribution is 2.19. The molecule has 1 aromatic rings. The molecule has 0 radical (unpaired) electrons. The average Bonchev–Trinajstić information content (AvgIpc) is 3.35. The molecule has 2 rings (SSSR count). The lowest BCUT2D eigenvalue weighted by molar-refractivity contribution is -0.149. The van der Waals surface area contributed by atoms with Gasteiger partial charge in [0.25, 0.3) is 0 Å². The summed E-state index contributed by atoms with van der Waals surface area (Å²) in [6.07, 6.45) is 0.334. The SMILES string of the molecule is NCC(=O)N[C@@H](CCC(=O)O)C(=O)NCC(=O)N[C@@H](Cc1ccccc1)C(=O)N1CCC[C@H]1C(=O)O. The number of hydrogen-bond donors (Lipinski definition) is 6. The summed E-state index contributed by atoms with van der Waals surface area (Å²) in [4.78, 5) is 73.5. The number of rotatable bonds is 13. The fraction of sp³-hybridized carbons (Fsp3) is 0.478. The van der Waals surface area contributed by atoms with Crippen LogP contribution in [0.1, 0.15) is 31.2 Å². The van der Waals surface area contributed by atoms with Crippen LogP contribution in [0, 0.1) is 0 Å². The summed E-state index contributed by atoms with van der Waals surface area (Å²) in [6, 6.07) is 5.58. The zero-order chi connectivity index (χ0) is 26.7. The number of carbonyl (C=O) groups excluding carboxylic acids is 4. The normalized spacial score (nSPS) is 16.5. The van der Waals surface area contributed by atoms with Gasteiger partial charge in [-0.1, -0.05) is 30.3 Å². The molecule has 0 unspecified atom stereocenters. The second kappa shape index (κ2) is 13.8. The standard InChI is InChI=1S/C23H31N5O8/c24-12-18(29)26-15(8-9-20(31)32)21(33)25-13-19(30)27-16(11-14-5-2-1-3-6-14)22(34)28-10-4-7-17(28)23(35)36/h1-3,5-6,15-17H,4,7-13,24H2,(H,25,33)(H,26,29)(H,27,30)(H,31,32)(H,35,36)/t15-,16-,17-/m0/s1. The molecule has 1 aliphatic rings. The van der Waals surface area contributed by atoms with E-state index in [9.17, 15) is 33.9 Å². The Morgan fingerprint density at radius 1 is 1.00 bits per heavy atom. The molecule has 196 valence electrons. The quantitative estimate of drug-likeness (QED) is 0.179. The monoisotopic (exact) mass is 505 g/mol. The van der Waals surface area contributed by atoms with Crippen LogP contribution in [0.4, 0.5) is 0 Å². The molecule has 1 aromatic carbocycles. The molecule has 7 N–H and O–H groups in total. The van der Waals surface area contributed by atoms with Crippen molar-refractivity contribution in [2.75, 3.05) is 19.6 Å². The van der Waals surface area contributed by atoms with Crippen LogP contribution in [0.3, 0.4) is 0 Å². The molecule has 0 saturated carbocycles. The number of benzene rings is 1. The molecule has 13 nitrogen and oxygen atoms in total. The second-order valence-corrected chi connectivity index (χ2v) is 8.31. The Kier molecular flexibility index (Phi) is 10.8. The van der Waals surface area contributed by atoms with Gasteiger partial charge in [-0.3, -0.25) is 24.0 Å². The first kappa shape index (κ1) is 28.2. The highest BCUT2D eigenvalue weighted by Gasteiger charge is 2.37. The number of likely N-dealkylation sites (tertiary alicyclic amines) is 1. The van der Waals surface area contributed by atoms with E-state index in [-0.39, 0.29) is 19.4 Å².